The molecule has 0 radical (unpaired) electrons. The first-order valence-electron chi connectivity index (χ1n) is 8.07. The van der Waals surface area contributed by atoms with Gasteiger partial charge in [-0.1, -0.05) is 0 Å². The van der Waals surface area contributed by atoms with Crippen LogP contribution in [0.2, 0.25) is 0 Å². The number of amides is 1. The summed E-state index contributed by atoms with van der Waals surface area (Å²) in [4.78, 5) is 20.8. The molecule has 0 aliphatic rings. The summed E-state index contributed by atoms with van der Waals surface area (Å²) < 4.78 is 13.0. The van der Waals surface area contributed by atoms with Crippen LogP contribution in [0.25, 0.3) is 11.3 Å². The second-order valence-electron chi connectivity index (χ2n) is 5.61. The van der Waals surface area contributed by atoms with Crippen LogP contribution in [0.15, 0.2) is 46.8 Å². The van der Waals surface area contributed by atoms with E-state index in [9.17, 15) is 9.18 Å². The molecule has 0 fully saturated rings. The highest BCUT2D eigenvalue weighted by Gasteiger charge is 2.10. The number of nitrogens with zero attached hydrogens (tertiary/aromatic N) is 3. The van der Waals surface area contributed by atoms with E-state index in [0.29, 0.717) is 27.2 Å². The highest BCUT2D eigenvalue weighted by molar-refractivity contribution is 7.99. The first kappa shape index (κ1) is 19.0. The normalized spacial score (nSPS) is 10.4. The van der Waals surface area contributed by atoms with E-state index in [-0.39, 0.29) is 18.1 Å². The van der Waals surface area contributed by atoms with Crippen molar-refractivity contribution in [3.8, 4) is 17.3 Å². The number of carbonyl (C=O) groups excluding carboxylic acids is 1. The van der Waals surface area contributed by atoms with E-state index in [1.807, 2.05) is 12.3 Å². The summed E-state index contributed by atoms with van der Waals surface area (Å²) in [6, 6.07) is 11.7. The number of anilines is 1. The van der Waals surface area contributed by atoms with E-state index in [4.69, 9.17) is 5.26 Å². The third kappa shape index (κ3) is 5.12. The van der Waals surface area contributed by atoms with Crippen molar-refractivity contribution >= 4 is 34.1 Å². The van der Waals surface area contributed by atoms with Gasteiger partial charge in [0.2, 0.25) is 5.91 Å². The van der Waals surface area contributed by atoms with Gasteiger partial charge in [0.15, 0.2) is 5.13 Å². The number of rotatable bonds is 6. The molecule has 2 aromatic heterocycles. The Labute approximate surface area is 164 Å². The Morgan fingerprint density at radius 2 is 2.04 bits per heavy atom. The van der Waals surface area contributed by atoms with E-state index < -0.39 is 0 Å². The molecule has 3 aromatic rings. The average Bonchev–Trinajstić information content (AvgIpc) is 3.11. The number of nitrogens with one attached hydrogen (secondary N) is 1. The molecule has 0 bridgehead atoms. The molecule has 0 aliphatic carbocycles. The van der Waals surface area contributed by atoms with Gasteiger partial charge in [0, 0.05) is 28.8 Å². The van der Waals surface area contributed by atoms with Gasteiger partial charge in [-0.15, -0.1) is 23.1 Å². The summed E-state index contributed by atoms with van der Waals surface area (Å²) in [6.07, 6.45) is 0.274. The fourth-order valence-electron chi connectivity index (χ4n) is 2.23. The van der Waals surface area contributed by atoms with Gasteiger partial charge in [-0.25, -0.2) is 14.4 Å². The minimum atomic E-state index is -0.303. The van der Waals surface area contributed by atoms with Crippen LogP contribution in [0.3, 0.4) is 0 Å². The maximum atomic E-state index is 13.0. The summed E-state index contributed by atoms with van der Waals surface area (Å²) in [5.41, 5.74) is 2.82. The predicted molar refractivity (Wildman–Crippen MR) is 105 cm³/mol. The van der Waals surface area contributed by atoms with Crippen molar-refractivity contribution in [2.45, 2.75) is 18.4 Å². The number of thiazole rings is 1. The van der Waals surface area contributed by atoms with E-state index >= 15 is 0 Å². The van der Waals surface area contributed by atoms with Crippen molar-refractivity contribution in [1.29, 1.82) is 5.26 Å². The largest absolute Gasteiger partial charge is 0.302 e. The van der Waals surface area contributed by atoms with Crippen LogP contribution in [0.4, 0.5) is 9.52 Å². The Morgan fingerprint density at radius 3 is 2.78 bits per heavy atom. The highest BCUT2D eigenvalue weighted by atomic mass is 32.2. The fraction of sp³-hybridized carbons (Fsp3) is 0.158. The van der Waals surface area contributed by atoms with Crippen molar-refractivity contribution in [1.82, 2.24) is 9.97 Å². The van der Waals surface area contributed by atoms with Crippen LogP contribution in [0.5, 0.6) is 0 Å². The average molecular weight is 398 g/mol. The van der Waals surface area contributed by atoms with Crippen molar-refractivity contribution in [3.05, 3.63) is 58.9 Å². The quantitative estimate of drug-likeness (QED) is 0.612. The summed E-state index contributed by atoms with van der Waals surface area (Å²) in [7, 11) is 0. The molecule has 2 heterocycles. The topological polar surface area (TPSA) is 78.7 Å². The van der Waals surface area contributed by atoms with Gasteiger partial charge in [-0.2, -0.15) is 5.26 Å². The zero-order valence-corrected chi connectivity index (χ0v) is 16.0. The van der Waals surface area contributed by atoms with Gasteiger partial charge in [-0.05, 0) is 43.3 Å². The van der Waals surface area contributed by atoms with E-state index in [2.05, 4.69) is 21.4 Å². The van der Waals surface area contributed by atoms with Gasteiger partial charge in [-0.3, -0.25) is 4.79 Å². The molecule has 0 saturated heterocycles. The molecule has 1 aromatic carbocycles. The summed E-state index contributed by atoms with van der Waals surface area (Å²) >= 11 is 2.70. The van der Waals surface area contributed by atoms with E-state index in [1.54, 1.807) is 24.3 Å². The first-order valence-corrected chi connectivity index (χ1v) is 9.93. The Hall–Kier alpha value is -2.76. The zero-order chi connectivity index (χ0) is 19.2. The second kappa shape index (κ2) is 8.75. The lowest BCUT2D eigenvalue weighted by molar-refractivity contribution is -0.115. The molecule has 0 atom stereocenters. The number of hydrogen-bond acceptors (Lipinski definition) is 6. The van der Waals surface area contributed by atoms with E-state index in [0.717, 1.165) is 11.3 Å². The van der Waals surface area contributed by atoms with Crippen LogP contribution in [-0.2, 0) is 4.79 Å². The van der Waals surface area contributed by atoms with Gasteiger partial charge >= 0.3 is 0 Å². The molecular weight excluding hydrogens is 383 g/mol. The van der Waals surface area contributed by atoms with Crippen LogP contribution in [0.1, 0.15) is 17.7 Å². The van der Waals surface area contributed by atoms with E-state index in [1.165, 1.54) is 35.2 Å². The Kier molecular flexibility index (Phi) is 6.16. The maximum Gasteiger partial charge on any atom is 0.226 e. The molecule has 0 aliphatic heterocycles. The molecule has 3 rings (SSSR count). The van der Waals surface area contributed by atoms with Crippen LogP contribution >= 0.6 is 23.1 Å². The third-order valence-corrected chi connectivity index (χ3v) is 5.33. The number of thioether (sulfide) groups is 1. The molecule has 0 saturated carbocycles. The minimum absolute atomic E-state index is 0.159. The number of carbonyl (C=O) groups is 1. The number of halogens is 1. The van der Waals surface area contributed by atoms with Crippen molar-refractivity contribution in [3.63, 3.8) is 0 Å². The monoisotopic (exact) mass is 398 g/mol. The Morgan fingerprint density at radius 1 is 1.26 bits per heavy atom. The molecular formula is C19H15FN4OS2. The smallest absolute Gasteiger partial charge is 0.226 e. The summed E-state index contributed by atoms with van der Waals surface area (Å²) in [6.45, 7) is 1.86. The predicted octanol–water partition coefficient (Wildman–Crippen LogP) is 4.65. The number of aryl methyl sites for hydroxylation is 1. The first-order chi connectivity index (χ1) is 13.0. The number of nitriles is 1. The molecule has 8 heteroatoms. The lowest BCUT2D eigenvalue weighted by atomic mass is 10.2. The summed E-state index contributed by atoms with van der Waals surface area (Å²) in [5.74, 6) is 0.0454. The Bertz CT molecular complexity index is 996. The summed E-state index contributed by atoms with van der Waals surface area (Å²) in [5, 5.41) is 14.8. The van der Waals surface area contributed by atoms with Crippen LogP contribution in [-0.4, -0.2) is 21.6 Å². The highest BCUT2D eigenvalue weighted by Crippen LogP contribution is 2.25. The van der Waals surface area contributed by atoms with Gasteiger partial charge < -0.3 is 5.32 Å². The minimum Gasteiger partial charge on any atom is -0.302 e. The number of pyridine rings is 1. The fourth-order valence-corrected chi connectivity index (χ4v) is 3.93. The van der Waals surface area contributed by atoms with Gasteiger partial charge in [0.1, 0.15) is 16.9 Å². The molecule has 1 N–H and O–H groups in total. The Balaban J connectivity index is 1.54. The lowest BCUT2D eigenvalue weighted by Crippen LogP contribution is -2.12. The molecule has 1 amide bonds. The van der Waals surface area contributed by atoms with Crippen molar-refractivity contribution in [2.24, 2.45) is 0 Å². The molecule has 0 spiro atoms. The van der Waals surface area contributed by atoms with Gasteiger partial charge in [0.25, 0.3) is 0 Å². The van der Waals surface area contributed by atoms with Crippen LogP contribution in [0, 0.1) is 24.1 Å². The molecule has 5 nitrogen and oxygen atoms in total. The number of aromatic nitrogens is 2. The molecule has 0 unspecified atom stereocenters. The standard InChI is InChI=1S/C19H15FN4OS2/c1-12-2-3-14(10-21)18(22-12)26-9-8-17(25)24-19-23-16(11-27-19)13-4-6-15(20)7-5-13/h2-7,11H,8-9H2,1H3,(H,23,24,25). The second-order valence-corrected chi connectivity index (χ2v) is 7.55. The maximum absolute atomic E-state index is 13.0. The van der Waals surface area contributed by atoms with Gasteiger partial charge in [0.05, 0.1) is 11.3 Å². The molecule has 27 heavy (non-hydrogen) atoms. The van der Waals surface area contributed by atoms with Crippen molar-refractivity contribution in [2.75, 3.05) is 11.1 Å². The number of benzene rings is 1. The van der Waals surface area contributed by atoms with Crippen LogP contribution < -0.4 is 5.32 Å². The number of hydrogen-bond donors (Lipinski definition) is 1. The third-order valence-electron chi connectivity index (χ3n) is 3.58. The zero-order valence-electron chi connectivity index (χ0n) is 14.4. The molecule has 136 valence electrons. The lowest BCUT2D eigenvalue weighted by Gasteiger charge is -2.04. The van der Waals surface area contributed by atoms with Crippen molar-refractivity contribution < 1.29 is 9.18 Å². The SMILES string of the molecule is Cc1ccc(C#N)c(SCCC(=O)Nc2nc(-c3ccc(F)cc3)cs2)n1.